The predicted molar refractivity (Wildman–Crippen MR) is 75.7 cm³/mol. The van der Waals surface area contributed by atoms with E-state index in [1.54, 1.807) is 36.0 Å². The Hall–Kier alpha value is 0.232. The van der Waals surface area contributed by atoms with E-state index in [0.717, 1.165) is 5.75 Å². The molecule has 0 unspecified atom stereocenters. The number of halogens is 3. The molecule has 0 aliphatic heterocycles. The maximum absolute atomic E-state index is 12.1. The van der Waals surface area contributed by atoms with Crippen molar-refractivity contribution in [1.82, 2.24) is 0 Å². The fourth-order valence-corrected chi connectivity index (χ4v) is 2.07. The van der Waals surface area contributed by atoms with Crippen LogP contribution in [0.5, 0.6) is 5.75 Å². The quantitative estimate of drug-likeness (QED) is 0.482. The molecule has 1 radical (unpaired) electrons. The SMILES string of the molecule is O=C(CCc1ccc(OCCSCCO)cc1)C(F)(F)F.[Ac]. The first kappa shape index (κ1) is 22.2. The molecule has 22 heavy (non-hydrogen) atoms. The summed E-state index contributed by atoms with van der Waals surface area (Å²) >= 11 is 1.57. The Kier molecular flexibility index (Phi) is 11.8. The molecule has 0 saturated heterocycles. The van der Waals surface area contributed by atoms with Gasteiger partial charge in [0.1, 0.15) is 5.75 Å². The molecule has 0 aliphatic rings. The van der Waals surface area contributed by atoms with Crippen molar-refractivity contribution in [3.63, 3.8) is 0 Å². The van der Waals surface area contributed by atoms with E-state index < -0.39 is 18.4 Å². The zero-order valence-corrected chi connectivity index (χ0v) is 17.5. The third-order valence-corrected chi connectivity index (χ3v) is 3.54. The van der Waals surface area contributed by atoms with E-state index in [1.807, 2.05) is 0 Å². The van der Waals surface area contributed by atoms with Crippen molar-refractivity contribution in [2.24, 2.45) is 0 Å². The number of carbonyl (C=O) groups excluding carboxylic acids is 1. The molecule has 3 nitrogen and oxygen atoms in total. The Morgan fingerprint density at radius 2 is 1.82 bits per heavy atom. The van der Waals surface area contributed by atoms with Crippen LogP contribution < -0.4 is 4.74 Å². The number of ketones is 1. The van der Waals surface area contributed by atoms with Gasteiger partial charge in [-0.25, -0.2) is 0 Å². The minimum absolute atomic E-state index is 0. The number of aliphatic hydroxyl groups excluding tert-OH is 1. The summed E-state index contributed by atoms with van der Waals surface area (Å²) in [7, 11) is 0. The maximum Gasteiger partial charge on any atom is 0.449 e. The van der Waals surface area contributed by atoms with Crippen molar-refractivity contribution in [2.45, 2.75) is 19.0 Å². The smallest absolute Gasteiger partial charge is 0.449 e. The third-order valence-electron chi connectivity index (χ3n) is 2.61. The Bertz CT molecular complexity index is 438. The molecule has 0 atom stereocenters. The summed E-state index contributed by atoms with van der Waals surface area (Å²) in [5, 5.41) is 8.60. The molecule has 0 bridgehead atoms. The van der Waals surface area contributed by atoms with Gasteiger partial charge in [0.2, 0.25) is 5.78 Å². The molecule has 0 amide bonds. The molecule has 0 saturated carbocycles. The van der Waals surface area contributed by atoms with Crippen molar-refractivity contribution in [3.05, 3.63) is 29.8 Å². The number of hydrogen-bond acceptors (Lipinski definition) is 4. The Balaban J connectivity index is 0.00000441. The average molecular weight is 549 g/mol. The molecule has 1 N–H and O–H groups in total. The zero-order chi connectivity index (χ0) is 15.7. The molecule has 1 aromatic carbocycles. The zero-order valence-electron chi connectivity index (χ0n) is 11.9. The van der Waals surface area contributed by atoms with E-state index in [4.69, 9.17) is 9.84 Å². The minimum atomic E-state index is -4.75. The Morgan fingerprint density at radius 3 is 2.36 bits per heavy atom. The molecular weight excluding hydrogens is 532 g/mol. The number of carbonyl (C=O) groups is 1. The topological polar surface area (TPSA) is 46.5 Å². The van der Waals surface area contributed by atoms with E-state index in [0.29, 0.717) is 23.7 Å². The monoisotopic (exact) mass is 549 g/mol. The van der Waals surface area contributed by atoms with Gasteiger partial charge in [-0.3, -0.25) is 4.79 Å². The third kappa shape index (κ3) is 9.39. The number of thioether (sulfide) groups is 1. The largest absolute Gasteiger partial charge is 0.493 e. The number of hydrogen-bond donors (Lipinski definition) is 1. The van der Waals surface area contributed by atoms with Crippen LogP contribution in [0.2, 0.25) is 0 Å². The van der Waals surface area contributed by atoms with Crippen LogP contribution in [0.1, 0.15) is 12.0 Å². The molecule has 0 aliphatic carbocycles. The number of aryl methyl sites for hydroxylation is 1. The van der Waals surface area contributed by atoms with Crippen molar-refractivity contribution >= 4 is 17.5 Å². The normalized spacial score (nSPS) is 10.9. The molecular formula is C14H17AcF3O3S. The second-order valence-corrected chi connectivity index (χ2v) is 5.47. The minimum Gasteiger partial charge on any atom is -0.493 e. The first-order valence-corrected chi connectivity index (χ1v) is 7.59. The fraction of sp³-hybridized carbons (Fsp3) is 0.500. The van der Waals surface area contributed by atoms with Crippen molar-refractivity contribution in [2.75, 3.05) is 24.7 Å². The van der Waals surface area contributed by atoms with Crippen LogP contribution in [-0.2, 0) is 11.2 Å². The molecule has 0 fully saturated rings. The van der Waals surface area contributed by atoms with Crippen molar-refractivity contribution in [1.29, 1.82) is 0 Å². The van der Waals surface area contributed by atoms with E-state index in [1.165, 1.54) is 0 Å². The summed E-state index contributed by atoms with van der Waals surface area (Å²) < 4.78 is 41.6. The second-order valence-electron chi connectivity index (χ2n) is 4.25. The second kappa shape index (κ2) is 11.7. The van der Waals surface area contributed by atoms with E-state index in [2.05, 4.69) is 0 Å². The Labute approximate surface area is 167 Å². The number of alkyl halides is 3. The van der Waals surface area contributed by atoms with Gasteiger partial charge in [0.25, 0.3) is 0 Å². The van der Waals surface area contributed by atoms with Crippen LogP contribution in [0.4, 0.5) is 13.2 Å². The predicted octanol–water partition coefficient (Wildman–Crippen LogP) is 2.85. The van der Waals surface area contributed by atoms with Crippen LogP contribution >= 0.6 is 11.8 Å². The van der Waals surface area contributed by atoms with Gasteiger partial charge in [0.15, 0.2) is 0 Å². The summed E-state index contributed by atoms with van der Waals surface area (Å²) in [5.41, 5.74) is 0.662. The molecule has 1 rings (SSSR count). The van der Waals surface area contributed by atoms with Gasteiger partial charge in [-0.2, -0.15) is 24.9 Å². The first-order chi connectivity index (χ1) is 9.93. The number of rotatable bonds is 9. The van der Waals surface area contributed by atoms with Gasteiger partial charge in [-0.05, 0) is 24.1 Å². The van der Waals surface area contributed by atoms with Crippen LogP contribution in [0.25, 0.3) is 0 Å². The number of Topliss-reactive ketones (excluding diaryl/α,β-unsaturated/α-hetero) is 1. The molecule has 0 heterocycles. The van der Waals surface area contributed by atoms with E-state index in [9.17, 15) is 18.0 Å². The standard InChI is InChI=1S/C14H17F3O3S.Ac/c15-14(16,17)13(19)6-3-11-1-4-12(5-2-11)20-8-10-21-9-7-18;/h1-2,4-5,18H,3,6-10H2;. The van der Waals surface area contributed by atoms with Gasteiger partial charge < -0.3 is 9.84 Å². The van der Waals surface area contributed by atoms with Crippen molar-refractivity contribution in [3.8, 4) is 5.75 Å². The van der Waals surface area contributed by atoms with Crippen LogP contribution in [0, 0.1) is 44.1 Å². The Morgan fingerprint density at radius 1 is 1.18 bits per heavy atom. The molecule has 0 spiro atoms. The fourth-order valence-electron chi connectivity index (χ4n) is 1.54. The summed E-state index contributed by atoms with van der Waals surface area (Å²) in [6, 6.07) is 6.65. The van der Waals surface area contributed by atoms with Crippen LogP contribution in [0.3, 0.4) is 0 Å². The first-order valence-electron chi connectivity index (χ1n) is 6.44. The number of ether oxygens (including phenoxy) is 1. The van der Waals surface area contributed by atoms with Gasteiger partial charge >= 0.3 is 6.18 Å². The summed E-state index contributed by atoms with van der Waals surface area (Å²) in [5.74, 6) is 0.340. The van der Waals surface area contributed by atoms with E-state index >= 15 is 0 Å². The number of aliphatic hydroxyl groups is 1. The van der Waals surface area contributed by atoms with Crippen LogP contribution in [0.15, 0.2) is 24.3 Å². The summed E-state index contributed by atoms with van der Waals surface area (Å²) in [4.78, 5) is 10.8. The summed E-state index contributed by atoms with van der Waals surface area (Å²) in [6.45, 7) is 0.632. The van der Waals surface area contributed by atoms with E-state index in [-0.39, 0.29) is 57.1 Å². The van der Waals surface area contributed by atoms with Gasteiger partial charge in [-0.1, -0.05) is 12.1 Å². The number of benzene rings is 1. The molecule has 0 aromatic heterocycles. The molecule has 121 valence electrons. The molecule has 1 aromatic rings. The average Bonchev–Trinajstić information content (AvgIpc) is 2.44. The maximum atomic E-state index is 12.1. The van der Waals surface area contributed by atoms with Crippen LogP contribution in [-0.4, -0.2) is 41.8 Å². The summed E-state index contributed by atoms with van der Waals surface area (Å²) in [6.07, 6.45) is -5.23. The van der Waals surface area contributed by atoms with Gasteiger partial charge in [0.05, 0.1) is 13.2 Å². The molecule has 8 heteroatoms. The van der Waals surface area contributed by atoms with Gasteiger partial charge in [-0.15, -0.1) is 0 Å². The van der Waals surface area contributed by atoms with Crippen molar-refractivity contribution < 1.29 is 71.9 Å². The van der Waals surface area contributed by atoms with Gasteiger partial charge in [0, 0.05) is 62.0 Å².